The number of aliphatic hydroxyl groups is 1. The molecule has 1 fully saturated rings. The van der Waals surface area contributed by atoms with Crippen molar-refractivity contribution in [1.29, 1.82) is 0 Å². The third-order valence-corrected chi connectivity index (χ3v) is 6.35. The first-order valence-corrected chi connectivity index (χ1v) is 10.3. The summed E-state index contributed by atoms with van der Waals surface area (Å²) >= 11 is 0. The number of fused-ring (bicyclic) bond motifs is 5. The summed E-state index contributed by atoms with van der Waals surface area (Å²) in [7, 11) is 0. The molecule has 1 aliphatic carbocycles. The van der Waals surface area contributed by atoms with Gasteiger partial charge in [-0.05, 0) is 18.9 Å². The van der Waals surface area contributed by atoms with E-state index in [1.807, 2.05) is 6.07 Å². The second kappa shape index (κ2) is 6.61. The lowest BCUT2D eigenvalue weighted by molar-refractivity contribution is 0.0447. The number of nitrogens with zero attached hydrogens (tertiary/aromatic N) is 3. The standard InChI is InChI=1S/C24H19F2N5O/c25-16-8-12-6-7-15-17(22(12)29-21(16)11-4-2-1-3-5-11)19(26)20(27)18-23(15)30-31(24(18)28)13-9-14(32)10-13/h1-8,13-14,32H,9-10,27-28H2. The molecular formula is C24H19F2N5O. The average Bonchev–Trinajstić information content (AvgIpc) is 3.11. The summed E-state index contributed by atoms with van der Waals surface area (Å²) in [5.41, 5.74) is 13.9. The zero-order valence-electron chi connectivity index (χ0n) is 16.9. The van der Waals surface area contributed by atoms with Crippen LogP contribution in [0.2, 0.25) is 0 Å². The van der Waals surface area contributed by atoms with Crippen LogP contribution in [0.25, 0.3) is 43.8 Å². The van der Waals surface area contributed by atoms with Crippen LogP contribution >= 0.6 is 0 Å². The monoisotopic (exact) mass is 431 g/mol. The molecule has 0 saturated heterocycles. The van der Waals surface area contributed by atoms with Crippen LogP contribution in [0.5, 0.6) is 0 Å². The van der Waals surface area contributed by atoms with E-state index in [1.54, 1.807) is 41.1 Å². The molecule has 8 heteroatoms. The van der Waals surface area contributed by atoms with Crippen LogP contribution in [-0.4, -0.2) is 26.0 Å². The summed E-state index contributed by atoms with van der Waals surface area (Å²) in [6.07, 6.45) is 0.669. The van der Waals surface area contributed by atoms with Gasteiger partial charge in [0.05, 0.1) is 28.7 Å². The first-order valence-electron chi connectivity index (χ1n) is 10.3. The summed E-state index contributed by atoms with van der Waals surface area (Å²) in [6.45, 7) is 0. The number of nitrogens with two attached hydrogens (primary N) is 2. The van der Waals surface area contributed by atoms with Crippen molar-refractivity contribution in [3.63, 3.8) is 0 Å². The number of aromatic nitrogens is 3. The Morgan fingerprint density at radius 3 is 2.44 bits per heavy atom. The van der Waals surface area contributed by atoms with E-state index >= 15 is 4.39 Å². The maximum absolute atomic E-state index is 15.6. The molecule has 0 amide bonds. The third kappa shape index (κ3) is 2.53. The molecule has 0 bridgehead atoms. The highest BCUT2D eigenvalue weighted by Gasteiger charge is 2.32. The molecule has 160 valence electrons. The molecular weight excluding hydrogens is 412 g/mol. The fraction of sp³-hybridized carbons (Fsp3) is 0.167. The molecule has 0 radical (unpaired) electrons. The Bertz CT molecular complexity index is 1540. The summed E-state index contributed by atoms with van der Waals surface area (Å²) in [4.78, 5) is 4.51. The molecule has 2 aromatic heterocycles. The zero-order chi connectivity index (χ0) is 22.1. The summed E-state index contributed by atoms with van der Waals surface area (Å²) < 4.78 is 32.1. The molecule has 1 aliphatic rings. The van der Waals surface area contributed by atoms with Crippen molar-refractivity contribution in [3.05, 3.63) is 60.2 Å². The molecule has 6 rings (SSSR count). The smallest absolute Gasteiger partial charge is 0.157 e. The van der Waals surface area contributed by atoms with E-state index in [9.17, 15) is 9.50 Å². The van der Waals surface area contributed by atoms with Gasteiger partial charge < -0.3 is 16.6 Å². The van der Waals surface area contributed by atoms with Crippen LogP contribution < -0.4 is 11.5 Å². The van der Waals surface area contributed by atoms with Crippen molar-refractivity contribution in [2.24, 2.45) is 0 Å². The van der Waals surface area contributed by atoms with Gasteiger partial charge in [0, 0.05) is 21.7 Å². The molecule has 0 atom stereocenters. The number of aliphatic hydroxyl groups excluding tert-OH is 1. The average molecular weight is 431 g/mol. The lowest BCUT2D eigenvalue weighted by Gasteiger charge is -2.31. The van der Waals surface area contributed by atoms with Crippen LogP contribution in [0.4, 0.5) is 20.3 Å². The number of benzene rings is 3. The molecule has 2 heterocycles. The van der Waals surface area contributed by atoms with E-state index < -0.39 is 17.7 Å². The SMILES string of the molecule is Nc1c(F)c2c(ccc3cc(F)c(-c4ccccc4)nc32)c2nn(C3CC(O)C3)c(N)c12. The van der Waals surface area contributed by atoms with E-state index in [4.69, 9.17) is 11.5 Å². The van der Waals surface area contributed by atoms with Crippen LogP contribution in [0.1, 0.15) is 18.9 Å². The Morgan fingerprint density at radius 1 is 0.969 bits per heavy atom. The van der Waals surface area contributed by atoms with E-state index in [0.717, 1.165) is 0 Å². The minimum atomic E-state index is -0.656. The van der Waals surface area contributed by atoms with Crippen molar-refractivity contribution in [2.45, 2.75) is 25.0 Å². The predicted molar refractivity (Wildman–Crippen MR) is 121 cm³/mol. The molecule has 5 N–H and O–H groups in total. The fourth-order valence-corrected chi connectivity index (χ4v) is 4.62. The van der Waals surface area contributed by atoms with Gasteiger partial charge in [0.2, 0.25) is 0 Å². The maximum Gasteiger partial charge on any atom is 0.157 e. The number of halogens is 2. The molecule has 1 saturated carbocycles. The van der Waals surface area contributed by atoms with Crippen LogP contribution in [0.15, 0.2) is 48.5 Å². The number of hydrogen-bond donors (Lipinski definition) is 3. The molecule has 3 aromatic carbocycles. The molecule has 6 nitrogen and oxygen atoms in total. The van der Waals surface area contributed by atoms with Gasteiger partial charge in [0.15, 0.2) is 5.82 Å². The minimum absolute atomic E-state index is 0.0627. The van der Waals surface area contributed by atoms with Gasteiger partial charge in [-0.2, -0.15) is 5.10 Å². The Labute approximate surface area is 181 Å². The molecule has 0 unspecified atom stereocenters. The van der Waals surface area contributed by atoms with Crippen LogP contribution in [-0.2, 0) is 0 Å². The minimum Gasteiger partial charge on any atom is -0.396 e. The van der Waals surface area contributed by atoms with Crippen molar-refractivity contribution >= 4 is 44.1 Å². The Morgan fingerprint density at radius 2 is 1.72 bits per heavy atom. The molecule has 0 spiro atoms. The van der Waals surface area contributed by atoms with Gasteiger partial charge in [-0.3, -0.25) is 0 Å². The number of anilines is 2. The van der Waals surface area contributed by atoms with Gasteiger partial charge in [0.25, 0.3) is 0 Å². The molecule has 0 aliphatic heterocycles. The second-order valence-electron chi connectivity index (χ2n) is 8.30. The fourth-order valence-electron chi connectivity index (χ4n) is 4.62. The lowest BCUT2D eigenvalue weighted by Crippen LogP contribution is -2.32. The van der Waals surface area contributed by atoms with Gasteiger partial charge in [-0.15, -0.1) is 0 Å². The van der Waals surface area contributed by atoms with Crippen molar-refractivity contribution in [1.82, 2.24) is 14.8 Å². The predicted octanol–water partition coefficient (Wildman–Crippen LogP) is 4.54. The van der Waals surface area contributed by atoms with Crippen LogP contribution in [0.3, 0.4) is 0 Å². The number of nitrogen functional groups attached to an aromatic ring is 2. The zero-order valence-corrected chi connectivity index (χ0v) is 16.9. The van der Waals surface area contributed by atoms with E-state index in [-0.39, 0.29) is 28.6 Å². The summed E-state index contributed by atoms with van der Waals surface area (Å²) in [5.74, 6) is -0.877. The summed E-state index contributed by atoms with van der Waals surface area (Å²) in [6, 6.07) is 13.6. The third-order valence-electron chi connectivity index (χ3n) is 6.35. The topological polar surface area (TPSA) is 103 Å². The normalized spacial score (nSPS) is 18.5. The quantitative estimate of drug-likeness (QED) is 0.281. The van der Waals surface area contributed by atoms with Crippen molar-refractivity contribution in [3.8, 4) is 11.3 Å². The first-order chi connectivity index (χ1) is 15.4. The highest BCUT2D eigenvalue weighted by Crippen LogP contribution is 2.43. The summed E-state index contributed by atoms with van der Waals surface area (Å²) in [5, 5.41) is 15.8. The Balaban J connectivity index is 1.69. The first kappa shape index (κ1) is 18.9. The van der Waals surface area contributed by atoms with E-state index in [2.05, 4.69) is 10.1 Å². The van der Waals surface area contributed by atoms with Gasteiger partial charge in [-0.25, -0.2) is 18.4 Å². The van der Waals surface area contributed by atoms with E-state index in [1.165, 1.54) is 6.07 Å². The lowest BCUT2D eigenvalue weighted by atomic mass is 9.90. The number of rotatable bonds is 2. The van der Waals surface area contributed by atoms with Gasteiger partial charge >= 0.3 is 0 Å². The molecule has 5 aromatic rings. The highest BCUT2D eigenvalue weighted by atomic mass is 19.1. The Kier molecular flexibility index (Phi) is 3.91. The Hall–Kier alpha value is -3.78. The highest BCUT2D eigenvalue weighted by molar-refractivity contribution is 6.20. The van der Waals surface area contributed by atoms with Crippen LogP contribution in [0, 0.1) is 11.6 Å². The van der Waals surface area contributed by atoms with Crippen molar-refractivity contribution in [2.75, 3.05) is 11.5 Å². The van der Waals surface area contributed by atoms with Gasteiger partial charge in [-0.1, -0.05) is 42.5 Å². The van der Waals surface area contributed by atoms with E-state index in [0.29, 0.717) is 45.6 Å². The number of hydrogen-bond acceptors (Lipinski definition) is 5. The molecule has 32 heavy (non-hydrogen) atoms. The van der Waals surface area contributed by atoms with Crippen molar-refractivity contribution < 1.29 is 13.9 Å². The maximum atomic E-state index is 15.6. The number of pyridine rings is 1. The van der Waals surface area contributed by atoms with Gasteiger partial charge in [0.1, 0.15) is 22.8 Å². The largest absolute Gasteiger partial charge is 0.396 e. The second-order valence-corrected chi connectivity index (χ2v) is 8.30.